The number of Topliss-reactive ketones (excluding diaryl/α,β-unsaturated/α-hetero) is 1. The van der Waals surface area contributed by atoms with Gasteiger partial charge in [-0.2, -0.15) is 0 Å². The van der Waals surface area contributed by atoms with Gasteiger partial charge in [0.25, 0.3) is 17.6 Å². The van der Waals surface area contributed by atoms with Crippen LogP contribution in [0.1, 0.15) is 63.3 Å². The second kappa shape index (κ2) is 9.27. The zero-order valence-corrected chi connectivity index (χ0v) is 20.4. The molecule has 2 heterocycles. The van der Waals surface area contributed by atoms with Crippen molar-refractivity contribution in [3.8, 4) is 0 Å². The van der Waals surface area contributed by atoms with Crippen molar-refractivity contribution in [1.82, 2.24) is 20.1 Å². The highest BCUT2D eigenvalue weighted by Crippen LogP contribution is 2.46. The van der Waals surface area contributed by atoms with Gasteiger partial charge in [-0.05, 0) is 56.9 Å². The van der Waals surface area contributed by atoms with Gasteiger partial charge in [-0.25, -0.2) is 4.39 Å². The van der Waals surface area contributed by atoms with Crippen LogP contribution in [0.4, 0.5) is 10.1 Å². The Kier molecular flexibility index (Phi) is 6.55. The average molecular weight is 504 g/mol. The van der Waals surface area contributed by atoms with Gasteiger partial charge in [-0.3, -0.25) is 14.4 Å². The number of ketones is 1. The van der Waals surface area contributed by atoms with Gasteiger partial charge in [0.1, 0.15) is 22.0 Å². The van der Waals surface area contributed by atoms with Crippen LogP contribution in [-0.2, 0) is 16.9 Å². The minimum atomic E-state index is -0.746. The van der Waals surface area contributed by atoms with Crippen LogP contribution in [-0.4, -0.2) is 32.4 Å². The Morgan fingerprint density at radius 3 is 2.59 bits per heavy atom. The summed E-state index contributed by atoms with van der Waals surface area (Å²) in [7, 11) is 0. The van der Waals surface area contributed by atoms with Gasteiger partial charge in [-0.15, -0.1) is 21.5 Å². The van der Waals surface area contributed by atoms with E-state index in [4.69, 9.17) is 11.6 Å². The molecule has 1 fully saturated rings. The van der Waals surface area contributed by atoms with Crippen molar-refractivity contribution >= 4 is 46.2 Å². The maximum Gasteiger partial charge on any atom is 0.293 e. The molecule has 0 bridgehead atoms. The van der Waals surface area contributed by atoms with Crippen molar-refractivity contribution in [1.29, 1.82) is 0 Å². The van der Waals surface area contributed by atoms with E-state index in [2.05, 4.69) is 20.8 Å². The van der Waals surface area contributed by atoms with Crippen LogP contribution in [0.15, 0.2) is 23.7 Å². The number of anilines is 1. The molecule has 11 heteroatoms. The van der Waals surface area contributed by atoms with Crippen molar-refractivity contribution in [2.24, 2.45) is 0 Å². The van der Waals surface area contributed by atoms with E-state index < -0.39 is 29.0 Å². The van der Waals surface area contributed by atoms with Gasteiger partial charge in [0, 0.05) is 17.9 Å². The number of hydrogen-bond donors (Lipinski definition) is 2. The molecule has 0 unspecified atom stereocenters. The zero-order chi connectivity index (χ0) is 24.6. The lowest BCUT2D eigenvalue weighted by molar-refractivity contribution is -0.118. The molecule has 178 valence electrons. The van der Waals surface area contributed by atoms with Gasteiger partial charge in [0.15, 0.2) is 0 Å². The summed E-state index contributed by atoms with van der Waals surface area (Å²) in [5, 5.41) is 13.9. The van der Waals surface area contributed by atoms with Gasteiger partial charge in [0.2, 0.25) is 0 Å². The maximum atomic E-state index is 13.5. The standard InChI is InChI=1S/C23H23ClFN5O3S/c1-4-9-30-13(3)17(19(31)21(33)28-23(7-8-23)22-29-26-11-34-22)12(2)18(30)20(32)27-14-5-6-16(25)15(24)10-14/h5-6,10-11H,4,7-9H2,1-3H3,(H,27,32)(H,28,33). The van der Waals surface area contributed by atoms with E-state index in [9.17, 15) is 18.8 Å². The van der Waals surface area contributed by atoms with Crippen LogP contribution in [0, 0.1) is 19.7 Å². The van der Waals surface area contributed by atoms with Crippen LogP contribution < -0.4 is 10.6 Å². The molecular formula is C23H23ClFN5O3S. The Morgan fingerprint density at radius 2 is 2.00 bits per heavy atom. The molecule has 0 saturated heterocycles. The maximum absolute atomic E-state index is 13.5. The summed E-state index contributed by atoms with van der Waals surface area (Å²) >= 11 is 7.16. The number of halogens is 2. The predicted octanol–water partition coefficient (Wildman–Crippen LogP) is 4.40. The van der Waals surface area contributed by atoms with Crippen LogP contribution >= 0.6 is 22.9 Å². The second-order valence-electron chi connectivity index (χ2n) is 8.28. The number of carbonyl (C=O) groups excluding carboxylic acids is 3. The molecule has 2 N–H and O–H groups in total. The molecule has 1 saturated carbocycles. The van der Waals surface area contributed by atoms with Crippen LogP contribution in [0.2, 0.25) is 5.02 Å². The number of benzene rings is 1. The molecule has 34 heavy (non-hydrogen) atoms. The van der Waals surface area contributed by atoms with E-state index in [1.165, 1.54) is 23.5 Å². The third-order valence-electron chi connectivity index (χ3n) is 5.91. The zero-order valence-electron chi connectivity index (χ0n) is 18.9. The van der Waals surface area contributed by atoms with E-state index in [0.717, 1.165) is 6.07 Å². The van der Waals surface area contributed by atoms with Crippen LogP contribution in [0.25, 0.3) is 0 Å². The molecule has 4 rings (SSSR count). The van der Waals surface area contributed by atoms with E-state index in [-0.39, 0.29) is 16.3 Å². The molecule has 2 amide bonds. The predicted molar refractivity (Wildman–Crippen MR) is 127 cm³/mol. The Morgan fingerprint density at radius 1 is 1.26 bits per heavy atom. The molecule has 0 spiro atoms. The van der Waals surface area contributed by atoms with Crippen molar-refractivity contribution in [2.45, 2.75) is 52.1 Å². The lowest BCUT2D eigenvalue weighted by atomic mass is 10.0. The Hall–Kier alpha value is -3.11. The largest absolute Gasteiger partial charge is 0.340 e. The molecule has 1 aliphatic carbocycles. The van der Waals surface area contributed by atoms with E-state index in [1.807, 2.05) is 6.92 Å². The van der Waals surface area contributed by atoms with Crippen LogP contribution in [0.5, 0.6) is 0 Å². The summed E-state index contributed by atoms with van der Waals surface area (Å²) in [5.74, 6) is -2.53. The van der Waals surface area contributed by atoms with Gasteiger partial charge in [0.05, 0.1) is 16.1 Å². The van der Waals surface area contributed by atoms with Crippen molar-refractivity contribution in [3.63, 3.8) is 0 Å². The van der Waals surface area contributed by atoms with Crippen molar-refractivity contribution in [3.05, 3.63) is 62.1 Å². The van der Waals surface area contributed by atoms with E-state index in [1.54, 1.807) is 23.9 Å². The lowest BCUT2D eigenvalue weighted by Gasteiger charge is -2.13. The topological polar surface area (TPSA) is 106 Å². The third kappa shape index (κ3) is 4.35. The van der Waals surface area contributed by atoms with E-state index >= 15 is 0 Å². The molecule has 1 aromatic carbocycles. The van der Waals surface area contributed by atoms with E-state index in [0.29, 0.717) is 47.8 Å². The number of carbonyl (C=O) groups is 3. The first-order valence-electron chi connectivity index (χ1n) is 10.8. The lowest BCUT2D eigenvalue weighted by Crippen LogP contribution is -2.39. The second-order valence-corrected chi connectivity index (χ2v) is 9.52. The van der Waals surface area contributed by atoms with Crippen LogP contribution in [0.3, 0.4) is 0 Å². The Balaban J connectivity index is 1.64. The number of nitrogens with one attached hydrogen (secondary N) is 2. The summed E-state index contributed by atoms with van der Waals surface area (Å²) < 4.78 is 15.2. The number of amides is 2. The quantitative estimate of drug-likeness (QED) is 0.350. The van der Waals surface area contributed by atoms with Crippen molar-refractivity contribution in [2.75, 3.05) is 5.32 Å². The number of nitrogens with zero attached hydrogens (tertiary/aromatic N) is 3. The number of rotatable bonds is 8. The summed E-state index contributed by atoms with van der Waals surface area (Å²) in [4.78, 5) is 39.4. The van der Waals surface area contributed by atoms with Gasteiger partial charge < -0.3 is 15.2 Å². The minimum Gasteiger partial charge on any atom is -0.340 e. The molecule has 0 aliphatic heterocycles. The Bertz CT molecular complexity index is 1280. The average Bonchev–Trinajstić information content (AvgIpc) is 3.25. The fraction of sp³-hybridized carbons (Fsp3) is 0.348. The number of hydrogen-bond acceptors (Lipinski definition) is 6. The highest BCUT2D eigenvalue weighted by molar-refractivity contribution is 7.09. The fourth-order valence-electron chi connectivity index (χ4n) is 4.08. The number of aromatic nitrogens is 3. The first-order chi connectivity index (χ1) is 16.2. The first-order valence-corrected chi connectivity index (χ1v) is 12.0. The minimum absolute atomic E-state index is 0.119. The molecule has 3 aromatic rings. The fourth-order valence-corrected chi connectivity index (χ4v) is 5.03. The molecule has 1 aliphatic rings. The first kappa shape index (κ1) is 24.0. The molecule has 0 radical (unpaired) electrons. The molecule has 8 nitrogen and oxygen atoms in total. The SMILES string of the molecule is CCCn1c(C)c(C(=O)C(=O)NC2(c3nncs3)CC2)c(C)c1C(=O)Nc1ccc(F)c(Cl)c1. The highest BCUT2D eigenvalue weighted by atomic mass is 35.5. The summed E-state index contributed by atoms with van der Waals surface area (Å²) in [6.45, 7) is 5.78. The third-order valence-corrected chi connectivity index (χ3v) is 7.10. The summed E-state index contributed by atoms with van der Waals surface area (Å²) in [6.07, 6.45) is 2.07. The van der Waals surface area contributed by atoms with Crippen molar-refractivity contribution < 1.29 is 18.8 Å². The van der Waals surface area contributed by atoms with Gasteiger partial charge in [-0.1, -0.05) is 18.5 Å². The molecular weight excluding hydrogens is 481 g/mol. The monoisotopic (exact) mass is 503 g/mol. The van der Waals surface area contributed by atoms with Gasteiger partial charge >= 0.3 is 0 Å². The summed E-state index contributed by atoms with van der Waals surface area (Å²) in [6, 6.07) is 3.87. The highest BCUT2D eigenvalue weighted by Gasteiger charge is 2.49. The summed E-state index contributed by atoms with van der Waals surface area (Å²) in [5.41, 5.74) is 2.64. The normalized spacial score (nSPS) is 14.0. The molecule has 0 atom stereocenters. The smallest absolute Gasteiger partial charge is 0.293 e. The molecule has 2 aromatic heterocycles. The Labute approximate surface area is 204 Å².